The standard InChI is InChI=1S/C26H28Cl2N2O10/c1-5-38-24(34)21-16(11-37-12-25(3,35)26(29)39-17(31)9-10-18(32)40-26)30-13(2)19(23(33)36-4)20(21)14-7-6-8-15(27)22(14)28/h6-10,20,30,35H,5,11-12,29H2,1-4H3. The number of nitrogens with one attached hydrogen (secondary N) is 1. The second-order valence-electron chi connectivity index (χ2n) is 8.95. The molecule has 1 aromatic rings. The molecule has 0 saturated heterocycles. The van der Waals surface area contributed by atoms with Crippen LogP contribution in [-0.4, -0.2) is 67.4 Å². The molecule has 12 nitrogen and oxygen atoms in total. The molecule has 0 aromatic heterocycles. The zero-order valence-electron chi connectivity index (χ0n) is 22.0. The topological polar surface area (TPSA) is 173 Å². The molecule has 2 unspecified atom stereocenters. The fourth-order valence-corrected chi connectivity index (χ4v) is 4.51. The lowest BCUT2D eigenvalue weighted by Gasteiger charge is -2.38. The summed E-state index contributed by atoms with van der Waals surface area (Å²) >= 11 is 12.8. The largest absolute Gasteiger partial charge is 0.466 e. The second-order valence-corrected chi connectivity index (χ2v) is 9.74. The Morgan fingerprint density at radius 1 is 1.15 bits per heavy atom. The zero-order chi connectivity index (χ0) is 29.8. The van der Waals surface area contributed by atoms with E-state index in [2.05, 4.69) is 5.32 Å². The summed E-state index contributed by atoms with van der Waals surface area (Å²) in [5, 5.41) is 14.2. The molecule has 2 atom stereocenters. The van der Waals surface area contributed by atoms with E-state index >= 15 is 0 Å². The van der Waals surface area contributed by atoms with E-state index in [9.17, 15) is 24.3 Å². The minimum atomic E-state index is -2.59. The molecule has 0 bridgehead atoms. The molecule has 216 valence electrons. The van der Waals surface area contributed by atoms with Gasteiger partial charge < -0.3 is 34.1 Å². The first kappa shape index (κ1) is 31.1. The molecule has 0 fully saturated rings. The first-order valence-corrected chi connectivity index (χ1v) is 12.6. The second kappa shape index (κ2) is 12.4. The van der Waals surface area contributed by atoms with Crippen LogP contribution in [-0.2, 0) is 42.9 Å². The van der Waals surface area contributed by atoms with Crippen LogP contribution in [0.2, 0.25) is 10.0 Å². The number of carbonyl (C=O) groups is 4. The van der Waals surface area contributed by atoms with Gasteiger partial charge in [-0.3, -0.25) is 5.73 Å². The van der Waals surface area contributed by atoms with Gasteiger partial charge in [-0.25, -0.2) is 19.2 Å². The molecule has 0 spiro atoms. The Kier molecular flexibility index (Phi) is 9.64. The summed E-state index contributed by atoms with van der Waals surface area (Å²) in [7, 11) is 1.19. The number of cyclic esters (lactones) is 2. The third-order valence-corrected chi connectivity index (χ3v) is 6.91. The predicted molar refractivity (Wildman–Crippen MR) is 140 cm³/mol. The number of benzene rings is 1. The summed E-state index contributed by atoms with van der Waals surface area (Å²) in [4.78, 5) is 49.9. The van der Waals surface area contributed by atoms with Gasteiger partial charge in [0.05, 0.1) is 59.7 Å². The number of allylic oxidation sites excluding steroid dienone is 1. The van der Waals surface area contributed by atoms with Gasteiger partial charge in [-0.05, 0) is 32.4 Å². The quantitative estimate of drug-likeness (QED) is 0.279. The van der Waals surface area contributed by atoms with Crippen molar-refractivity contribution >= 4 is 47.1 Å². The van der Waals surface area contributed by atoms with Crippen molar-refractivity contribution in [1.29, 1.82) is 0 Å². The Balaban J connectivity index is 2.02. The number of esters is 4. The number of dihydropyridines is 1. The Morgan fingerprint density at radius 2 is 1.77 bits per heavy atom. The van der Waals surface area contributed by atoms with E-state index in [0.29, 0.717) is 11.3 Å². The lowest BCUT2D eigenvalue weighted by molar-refractivity contribution is -0.291. The van der Waals surface area contributed by atoms with E-state index in [1.54, 1.807) is 32.0 Å². The van der Waals surface area contributed by atoms with Gasteiger partial charge in [0.25, 0.3) is 0 Å². The number of rotatable bonds is 9. The SMILES string of the molecule is CCOC(=O)C1=C(COCC(C)(O)C2(N)OC(=O)C=CC(=O)O2)NC(C)=C(C(=O)OC)C1c1cccc(Cl)c1Cl. The number of hydrogen-bond donors (Lipinski definition) is 3. The molecule has 3 rings (SSSR count). The molecule has 14 heteroatoms. The van der Waals surface area contributed by atoms with Gasteiger partial charge in [0, 0.05) is 17.8 Å². The van der Waals surface area contributed by atoms with Gasteiger partial charge in [0.1, 0.15) is 0 Å². The van der Waals surface area contributed by atoms with Gasteiger partial charge in [0.2, 0.25) is 0 Å². The summed E-state index contributed by atoms with van der Waals surface area (Å²) in [6, 6.07) is 4.76. The van der Waals surface area contributed by atoms with Crippen molar-refractivity contribution in [3.8, 4) is 0 Å². The number of hydrogen-bond acceptors (Lipinski definition) is 12. The van der Waals surface area contributed by atoms with Crippen LogP contribution in [0.3, 0.4) is 0 Å². The van der Waals surface area contributed by atoms with Crippen molar-refractivity contribution in [3.63, 3.8) is 0 Å². The van der Waals surface area contributed by atoms with Crippen molar-refractivity contribution in [2.75, 3.05) is 26.9 Å². The highest BCUT2D eigenvalue weighted by atomic mass is 35.5. The van der Waals surface area contributed by atoms with Crippen LogP contribution in [0.15, 0.2) is 52.9 Å². The lowest BCUT2D eigenvalue weighted by Crippen LogP contribution is -2.65. The third-order valence-electron chi connectivity index (χ3n) is 6.08. The Hall–Kier alpha value is -3.42. The number of nitrogens with two attached hydrogens (primary N) is 1. The minimum absolute atomic E-state index is 0.0118. The molecule has 4 N–H and O–H groups in total. The van der Waals surface area contributed by atoms with Crippen LogP contribution in [0, 0.1) is 0 Å². The van der Waals surface area contributed by atoms with Crippen LogP contribution >= 0.6 is 23.2 Å². The Morgan fingerprint density at radius 3 is 2.35 bits per heavy atom. The molecular formula is C26H28Cl2N2O10. The normalized spacial score (nSPS) is 20.1. The van der Waals surface area contributed by atoms with Gasteiger partial charge in [-0.2, -0.15) is 0 Å². The van der Waals surface area contributed by atoms with Gasteiger partial charge in [-0.1, -0.05) is 35.3 Å². The maximum atomic E-state index is 13.3. The van der Waals surface area contributed by atoms with Crippen LogP contribution in [0.1, 0.15) is 32.3 Å². The molecule has 1 aromatic carbocycles. The monoisotopic (exact) mass is 598 g/mol. The summed E-state index contributed by atoms with van der Waals surface area (Å²) in [5.41, 5.74) is 4.53. The molecule has 2 aliphatic heterocycles. The molecule has 0 amide bonds. The number of aliphatic hydroxyl groups is 1. The number of methoxy groups -OCH3 is 1. The van der Waals surface area contributed by atoms with Crippen LogP contribution in [0.4, 0.5) is 0 Å². The molecule has 0 aliphatic carbocycles. The van der Waals surface area contributed by atoms with E-state index in [-0.39, 0.29) is 40.1 Å². The highest BCUT2D eigenvalue weighted by Gasteiger charge is 2.53. The van der Waals surface area contributed by atoms with Gasteiger partial charge in [-0.15, -0.1) is 0 Å². The number of carbonyl (C=O) groups excluding carboxylic acids is 4. The summed E-state index contributed by atoms with van der Waals surface area (Å²) in [5.74, 6) is -7.23. The van der Waals surface area contributed by atoms with Gasteiger partial charge >= 0.3 is 29.8 Å². The van der Waals surface area contributed by atoms with Crippen molar-refractivity contribution in [2.24, 2.45) is 5.73 Å². The van der Waals surface area contributed by atoms with E-state index in [0.717, 1.165) is 19.1 Å². The van der Waals surface area contributed by atoms with Crippen LogP contribution < -0.4 is 11.1 Å². The van der Waals surface area contributed by atoms with Crippen molar-refractivity contribution in [1.82, 2.24) is 5.32 Å². The highest BCUT2D eigenvalue weighted by Crippen LogP contribution is 2.43. The molecule has 2 heterocycles. The highest BCUT2D eigenvalue weighted by molar-refractivity contribution is 6.42. The maximum Gasteiger partial charge on any atom is 0.347 e. The zero-order valence-corrected chi connectivity index (χ0v) is 23.6. The predicted octanol–water partition coefficient (Wildman–Crippen LogP) is 1.98. The van der Waals surface area contributed by atoms with Crippen LogP contribution in [0.25, 0.3) is 0 Å². The summed E-state index contributed by atoms with van der Waals surface area (Å²) < 4.78 is 25.8. The van der Waals surface area contributed by atoms with Crippen molar-refractivity contribution in [3.05, 3.63) is 68.5 Å². The Bertz CT molecular complexity index is 1300. The maximum absolute atomic E-state index is 13.3. The minimum Gasteiger partial charge on any atom is -0.466 e. The fraction of sp³-hybridized carbons (Fsp3) is 0.385. The first-order valence-electron chi connectivity index (χ1n) is 11.9. The van der Waals surface area contributed by atoms with E-state index in [1.165, 1.54) is 7.11 Å². The average molecular weight is 599 g/mol. The third kappa shape index (κ3) is 6.31. The van der Waals surface area contributed by atoms with E-state index < -0.39 is 47.9 Å². The van der Waals surface area contributed by atoms with Gasteiger partial charge in [0.15, 0.2) is 5.60 Å². The van der Waals surface area contributed by atoms with Crippen LogP contribution in [0.5, 0.6) is 0 Å². The first-order chi connectivity index (χ1) is 18.8. The fourth-order valence-electron chi connectivity index (χ4n) is 4.09. The molecular weight excluding hydrogens is 571 g/mol. The average Bonchev–Trinajstić information content (AvgIpc) is 3.02. The molecule has 2 aliphatic rings. The molecule has 0 radical (unpaired) electrons. The lowest BCUT2D eigenvalue weighted by atomic mass is 9.80. The molecule has 0 saturated carbocycles. The molecule has 40 heavy (non-hydrogen) atoms. The number of halogens is 2. The van der Waals surface area contributed by atoms with Crippen molar-refractivity contribution < 1.29 is 48.0 Å². The number of ether oxygens (including phenoxy) is 5. The van der Waals surface area contributed by atoms with E-state index in [4.69, 9.17) is 52.6 Å². The Labute approximate surface area is 239 Å². The smallest absolute Gasteiger partial charge is 0.347 e. The van der Waals surface area contributed by atoms with Crippen molar-refractivity contribution in [2.45, 2.75) is 38.2 Å². The summed E-state index contributed by atoms with van der Waals surface area (Å²) in [6.07, 6.45) is 1.59. The van der Waals surface area contributed by atoms with E-state index in [1.807, 2.05) is 0 Å². The summed E-state index contributed by atoms with van der Waals surface area (Å²) in [6.45, 7) is 3.32.